The molecule has 0 radical (unpaired) electrons. The summed E-state index contributed by atoms with van der Waals surface area (Å²) >= 11 is 0. The summed E-state index contributed by atoms with van der Waals surface area (Å²) in [5.74, 6) is 1.12. The lowest BCUT2D eigenvalue weighted by Gasteiger charge is -2.32. The molecule has 1 aromatic carbocycles. The fourth-order valence-corrected chi connectivity index (χ4v) is 5.18. The first-order valence-corrected chi connectivity index (χ1v) is 11.8. The van der Waals surface area contributed by atoms with E-state index in [1.54, 1.807) is 12.1 Å². The summed E-state index contributed by atoms with van der Waals surface area (Å²) in [6.45, 7) is 7.80. The molecule has 1 unspecified atom stereocenters. The van der Waals surface area contributed by atoms with E-state index in [0.717, 1.165) is 56.7 Å². The predicted octanol–water partition coefficient (Wildman–Crippen LogP) is 4.75. The zero-order chi connectivity index (χ0) is 22.6. The maximum absolute atomic E-state index is 13.5. The molecule has 0 spiro atoms. The Kier molecular flexibility index (Phi) is 6.99. The lowest BCUT2D eigenvalue weighted by molar-refractivity contribution is -0.131. The molecule has 5 nitrogen and oxygen atoms in total. The normalized spacial score (nSPS) is 22.4. The van der Waals surface area contributed by atoms with Crippen LogP contribution in [0.15, 0.2) is 53.8 Å². The fraction of sp³-hybridized carbons (Fsp3) is 0.500. The third kappa shape index (κ3) is 4.60. The van der Waals surface area contributed by atoms with Crippen LogP contribution < -0.4 is 0 Å². The van der Waals surface area contributed by atoms with Crippen molar-refractivity contribution < 1.29 is 9.18 Å². The van der Waals surface area contributed by atoms with Crippen LogP contribution in [0.4, 0.5) is 4.39 Å². The van der Waals surface area contributed by atoms with E-state index in [2.05, 4.69) is 28.9 Å². The molecule has 6 heteroatoms. The molecule has 1 saturated heterocycles. The Bertz CT molecular complexity index is 938. The highest BCUT2D eigenvalue weighted by Crippen LogP contribution is 2.38. The van der Waals surface area contributed by atoms with Gasteiger partial charge in [-0.05, 0) is 93.6 Å². The molecule has 0 bridgehead atoms. The summed E-state index contributed by atoms with van der Waals surface area (Å²) in [5, 5.41) is 0. The largest absolute Gasteiger partial charge is 0.303 e. The van der Waals surface area contributed by atoms with E-state index < -0.39 is 5.54 Å². The maximum Gasteiger partial charge on any atom is 0.260 e. The second kappa shape index (κ2) is 9.90. The smallest absolute Gasteiger partial charge is 0.260 e. The van der Waals surface area contributed by atoms with Gasteiger partial charge in [0, 0.05) is 18.9 Å². The molecule has 0 saturated carbocycles. The number of piperidine rings is 1. The molecular weight excluding hydrogens is 403 g/mol. The number of halogens is 1. The van der Waals surface area contributed by atoms with Crippen molar-refractivity contribution >= 4 is 11.7 Å². The van der Waals surface area contributed by atoms with Crippen molar-refractivity contribution in [2.45, 2.75) is 57.4 Å². The molecule has 2 aliphatic heterocycles. The number of amidine groups is 1. The van der Waals surface area contributed by atoms with E-state index in [4.69, 9.17) is 4.99 Å². The number of aromatic nitrogens is 1. The molecule has 1 aromatic heterocycles. The van der Waals surface area contributed by atoms with Gasteiger partial charge in [-0.3, -0.25) is 19.7 Å². The van der Waals surface area contributed by atoms with E-state index in [1.165, 1.54) is 17.7 Å². The number of likely N-dealkylation sites (tertiary alicyclic amines) is 1. The van der Waals surface area contributed by atoms with Crippen LogP contribution in [0.1, 0.15) is 63.0 Å². The molecule has 2 aliphatic rings. The highest BCUT2D eigenvalue weighted by Gasteiger charge is 2.47. The first-order chi connectivity index (χ1) is 15.5. The SMILES string of the molecule is CCCC1(c2ccc(F)cc2)N=C(C)N(CCCN2CCC(c3ccncc3)CC2)C1=O. The molecule has 1 fully saturated rings. The van der Waals surface area contributed by atoms with Crippen LogP contribution in [0, 0.1) is 5.82 Å². The summed E-state index contributed by atoms with van der Waals surface area (Å²) in [6.07, 6.45) is 8.47. The quantitative estimate of drug-likeness (QED) is 0.600. The first kappa shape index (κ1) is 22.6. The van der Waals surface area contributed by atoms with Crippen molar-refractivity contribution in [2.24, 2.45) is 4.99 Å². The van der Waals surface area contributed by atoms with E-state index in [1.807, 2.05) is 24.2 Å². The number of aliphatic imine (C=N–C) groups is 1. The zero-order valence-corrected chi connectivity index (χ0v) is 19.1. The van der Waals surface area contributed by atoms with Gasteiger partial charge in [0.15, 0.2) is 5.54 Å². The highest BCUT2D eigenvalue weighted by atomic mass is 19.1. The van der Waals surface area contributed by atoms with Crippen LogP contribution >= 0.6 is 0 Å². The Morgan fingerprint density at radius 2 is 1.75 bits per heavy atom. The maximum atomic E-state index is 13.5. The topological polar surface area (TPSA) is 48.8 Å². The molecule has 32 heavy (non-hydrogen) atoms. The minimum absolute atomic E-state index is 0.0276. The van der Waals surface area contributed by atoms with Crippen LogP contribution in [0.2, 0.25) is 0 Å². The Balaban J connectivity index is 1.33. The average Bonchev–Trinajstić information content (AvgIpc) is 3.06. The van der Waals surface area contributed by atoms with Crippen LogP contribution in [-0.4, -0.2) is 52.7 Å². The molecule has 170 valence electrons. The van der Waals surface area contributed by atoms with Gasteiger partial charge in [-0.2, -0.15) is 0 Å². The molecule has 1 atom stereocenters. The molecule has 2 aromatic rings. The van der Waals surface area contributed by atoms with Crippen molar-refractivity contribution in [2.75, 3.05) is 26.2 Å². The summed E-state index contributed by atoms with van der Waals surface area (Å²) in [4.78, 5) is 26.8. The van der Waals surface area contributed by atoms with Gasteiger partial charge < -0.3 is 4.90 Å². The number of hydrogen-bond acceptors (Lipinski definition) is 4. The molecule has 0 N–H and O–H groups in total. The standard InChI is InChI=1S/C26H33FN4O/c1-3-13-26(23-5-7-24(27)8-6-23)25(32)31(20(2)29-26)17-4-16-30-18-11-22(12-19-30)21-9-14-28-15-10-21/h5-10,14-15,22H,3-4,11-13,16-19H2,1-2H3. The number of carbonyl (C=O) groups excluding carboxylic acids is 1. The summed E-state index contributed by atoms with van der Waals surface area (Å²) < 4.78 is 13.5. The van der Waals surface area contributed by atoms with Gasteiger partial charge in [0.25, 0.3) is 5.91 Å². The zero-order valence-electron chi connectivity index (χ0n) is 19.1. The van der Waals surface area contributed by atoms with Gasteiger partial charge >= 0.3 is 0 Å². The fourth-order valence-electron chi connectivity index (χ4n) is 5.18. The summed E-state index contributed by atoms with van der Waals surface area (Å²) in [5.41, 5.74) is 1.27. The van der Waals surface area contributed by atoms with Gasteiger partial charge in [0.1, 0.15) is 11.7 Å². The number of nitrogens with zero attached hydrogens (tertiary/aromatic N) is 4. The number of amides is 1. The monoisotopic (exact) mass is 436 g/mol. The lowest BCUT2D eigenvalue weighted by Crippen LogP contribution is -2.42. The highest BCUT2D eigenvalue weighted by molar-refractivity contribution is 6.07. The minimum atomic E-state index is -0.907. The van der Waals surface area contributed by atoms with Crippen molar-refractivity contribution in [3.63, 3.8) is 0 Å². The molecule has 1 amide bonds. The first-order valence-electron chi connectivity index (χ1n) is 11.8. The number of pyridine rings is 1. The summed E-state index contributed by atoms with van der Waals surface area (Å²) in [6, 6.07) is 10.5. The third-order valence-electron chi connectivity index (χ3n) is 6.90. The number of rotatable bonds is 8. The Hall–Kier alpha value is -2.60. The molecule has 4 rings (SSSR count). The van der Waals surface area contributed by atoms with Gasteiger partial charge in [-0.15, -0.1) is 0 Å². The Morgan fingerprint density at radius 1 is 1.06 bits per heavy atom. The van der Waals surface area contributed by atoms with Crippen molar-refractivity contribution in [1.82, 2.24) is 14.8 Å². The second-order valence-corrected chi connectivity index (χ2v) is 8.98. The molecule has 3 heterocycles. The van der Waals surface area contributed by atoms with Crippen LogP contribution in [0.25, 0.3) is 0 Å². The predicted molar refractivity (Wildman–Crippen MR) is 125 cm³/mol. The number of hydrogen-bond donors (Lipinski definition) is 0. The number of carbonyl (C=O) groups is 1. The van der Waals surface area contributed by atoms with Crippen LogP contribution in [0.5, 0.6) is 0 Å². The van der Waals surface area contributed by atoms with E-state index in [0.29, 0.717) is 18.9 Å². The average molecular weight is 437 g/mol. The summed E-state index contributed by atoms with van der Waals surface area (Å²) in [7, 11) is 0. The van der Waals surface area contributed by atoms with Crippen LogP contribution in [0.3, 0.4) is 0 Å². The van der Waals surface area contributed by atoms with E-state index >= 15 is 0 Å². The second-order valence-electron chi connectivity index (χ2n) is 8.98. The Labute approximate surface area is 190 Å². The van der Waals surface area contributed by atoms with Crippen molar-refractivity contribution in [1.29, 1.82) is 0 Å². The third-order valence-corrected chi connectivity index (χ3v) is 6.90. The molecule has 0 aliphatic carbocycles. The van der Waals surface area contributed by atoms with Gasteiger partial charge in [-0.1, -0.05) is 25.5 Å². The van der Waals surface area contributed by atoms with Crippen LogP contribution in [-0.2, 0) is 10.3 Å². The van der Waals surface area contributed by atoms with E-state index in [9.17, 15) is 9.18 Å². The van der Waals surface area contributed by atoms with Crippen molar-refractivity contribution in [3.8, 4) is 0 Å². The van der Waals surface area contributed by atoms with E-state index in [-0.39, 0.29) is 11.7 Å². The molecular formula is C26H33FN4O. The lowest BCUT2D eigenvalue weighted by atomic mass is 9.85. The number of benzene rings is 1. The van der Waals surface area contributed by atoms with Crippen molar-refractivity contribution in [3.05, 3.63) is 65.7 Å². The van der Waals surface area contributed by atoms with Gasteiger partial charge in [-0.25, -0.2) is 4.39 Å². The minimum Gasteiger partial charge on any atom is -0.303 e. The Morgan fingerprint density at radius 3 is 2.41 bits per heavy atom. The van der Waals surface area contributed by atoms with Gasteiger partial charge in [0.05, 0.1) is 0 Å². The van der Waals surface area contributed by atoms with Gasteiger partial charge in [0.2, 0.25) is 0 Å².